The topological polar surface area (TPSA) is 72.3 Å². The van der Waals surface area contributed by atoms with Gasteiger partial charge in [0.1, 0.15) is 16.4 Å². The highest BCUT2D eigenvalue weighted by Gasteiger charge is 2.29. The maximum Gasteiger partial charge on any atom is 0.340 e. The maximum absolute atomic E-state index is 11.4. The van der Waals surface area contributed by atoms with E-state index >= 15 is 0 Å². The van der Waals surface area contributed by atoms with Crippen LogP contribution in [0.2, 0.25) is 0 Å². The molecule has 1 fully saturated rings. The second kappa shape index (κ2) is 7.75. The number of carboxylic acids is 1. The molecule has 116 valence electrons. The molecule has 0 unspecified atom stereocenters. The Bertz CT molecular complexity index is 504. The van der Waals surface area contributed by atoms with Crippen LogP contribution in [-0.2, 0) is 4.74 Å². The van der Waals surface area contributed by atoms with Crippen LogP contribution in [0.4, 0.5) is 0 Å². The van der Waals surface area contributed by atoms with Crippen molar-refractivity contribution in [1.29, 1.82) is 0 Å². The Morgan fingerprint density at radius 3 is 2.76 bits per heavy atom. The Kier molecular flexibility index (Phi) is 5.99. The van der Waals surface area contributed by atoms with Gasteiger partial charge in [-0.25, -0.2) is 14.8 Å². The average Bonchev–Trinajstić information content (AvgIpc) is 3.26. The zero-order valence-electron chi connectivity index (χ0n) is 12.6. The van der Waals surface area contributed by atoms with Crippen LogP contribution in [0.3, 0.4) is 0 Å². The Balaban J connectivity index is 2.00. The van der Waals surface area contributed by atoms with Gasteiger partial charge in [0, 0.05) is 18.3 Å². The van der Waals surface area contributed by atoms with Gasteiger partial charge in [0.05, 0.1) is 12.3 Å². The summed E-state index contributed by atoms with van der Waals surface area (Å²) < 4.78 is 5.50. The molecule has 5 nitrogen and oxygen atoms in total. The standard InChI is InChI=1S/C15H22N2O3S/c1-3-4-7-20-8-9-21-14-12(15(18)19)10(2)16-13(17-14)11-5-6-11/h11H,3-9H2,1-2H3,(H,18,19). The van der Waals surface area contributed by atoms with Gasteiger partial charge in [-0.1, -0.05) is 13.3 Å². The molecule has 0 aromatic carbocycles. The van der Waals surface area contributed by atoms with Crippen molar-refractivity contribution in [2.75, 3.05) is 19.0 Å². The van der Waals surface area contributed by atoms with Crippen molar-refractivity contribution in [1.82, 2.24) is 9.97 Å². The molecular weight excluding hydrogens is 288 g/mol. The summed E-state index contributed by atoms with van der Waals surface area (Å²) in [4.78, 5) is 20.2. The highest BCUT2D eigenvalue weighted by atomic mass is 32.2. The van der Waals surface area contributed by atoms with Gasteiger partial charge in [0.15, 0.2) is 0 Å². The summed E-state index contributed by atoms with van der Waals surface area (Å²) in [6.07, 6.45) is 4.39. The first-order valence-corrected chi connectivity index (χ1v) is 8.44. The van der Waals surface area contributed by atoms with E-state index in [4.69, 9.17) is 4.74 Å². The molecule has 1 saturated carbocycles. The predicted molar refractivity (Wildman–Crippen MR) is 82.2 cm³/mol. The number of aromatic carboxylic acids is 1. The molecule has 0 spiro atoms. The van der Waals surface area contributed by atoms with Crippen LogP contribution < -0.4 is 0 Å². The third kappa shape index (κ3) is 4.68. The van der Waals surface area contributed by atoms with E-state index in [0.717, 1.165) is 38.1 Å². The molecule has 1 aliphatic rings. The number of aromatic nitrogens is 2. The summed E-state index contributed by atoms with van der Waals surface area (Å²) in [7, 11) is 0. The molecule has 0 atom stereocenters. The van der Waals surface area contributed by atoms with Crippen molar-refractivity contribution in [2.45, 2.75) is 50.5 Å². The SMILES string of the molecule is CCCCOCCSc1nc(C2CC2)nc(C)c1C(=O)O. The normalized spacial score (nSPS) is 14.4. The van der Waals surface area contributed by atoms with E-state index in [1.165, 1.54) is 11.8 Å². The van der Waals surface area contributed by atoms with Crippen LogP contribution in [0.1, 0.15) is 60.4 Å². The largest absolute Gasteiger partial charge is 0.478 e. The Hall–Kier alpha value is -1.14. The lowest BCUT2D eigenvalue weighted by molar-refractivity contribution is 0.0690. The Morgan fingerprint density at radius 1 is 1.38 bits per heavy atom. The number of thioether (sulfide) groups is 1. The third-order valence-corrected chi connectivity index (χ3v) is 4.28. The summed E-state index contributed by atoms with van der Waals surface area (Å²) in [6, 6.07) is 0. The fraction of sp³-hybridized carbons (Fsp3) is 0.667. The van der Waals surface area contributed by atoms with Crippen LogP contribution in [0, 0.1) is 6.92 Å². The van der Waals surface area contributed by atoms with Gasteiger partial charge in [0.2, 0.25) is 0 Å². The predicted octanol–water partition coefficient (Wildman–Crippen LogP) is 3.27. The van der Waals surface area contributed by atoms with E-state index < -0.39 is 5.97 Å². The van der Waals surface area contributed by atoms with E-state index in [9.17, 15) is 9.90 Å². The van der Waals surface area contributed by atoms with E-state index in [1.54, 1.807) is 6.92 Å². The van der Waals surface area contributed by atoms with Crippen LogP contribution >= 0.6 is 11.8 Å². The van der Waals surface area contributed by atoms with Gasteiger partial charge < -0.3 is 9.84 Å². The van der Waals surface area contributed by atoms with Crippen LogP contribution in [0.15, 0.2) is 5.03 Å². The summed E-state index contributed by atoms with van der Waals surface area (Å²) >= 11 is 1.45. The number of nitrogens with zero attached hydrogens (tertiary/aromatic N) is 2. The number of carbonyl (C=O) groups is 1. The number of rotatable bonds is 9. The van der Waals surface area contributed by atoms with Crippen LogP contribution in [-0.4, -0.2) is 40.0 Å². The molecule has 0 radical (unpaired) electrons. The van der Waals surface area contributed by atoms with Gasteiger partial charge in [-0.15, -0.1) is 11.8 Å². The van der Waals surface area contributed by atoms with E-state index in [0.29, 0.717) is 29.0 Å². The summed E-state index contributed by atoms with van der Waals surface area (Å²) in [6.45, 7) is 5.25. The molecule has 0 aliphatic heterocycles. The minimum Gasteiger partial charge on any atom is -0.478 e. The van der Waals surface area contributed by atoms with E-state index in [1.807, 2.05) is 0 Å². The van der Waals surface area contributed by atoms with Crippen molar-refractivity contribution in [2.24, 2.45) is 0 Å². The molecule has 1 aliphatic carbocycles. The fourth-order valence-corrected chi connectivity index (χ4v) is 2.92. The van der Waals surface area contributed by atoms with Crippen molar-refractivity contribution in [3.8, 4) is 0 Å². The lowest BCUT2D eigenvalue weighted by Crippen LogP contribution is -2.10. The fourth-order valence-electron chi connectivity index (χ4n) is 1.99. The maximum atomic E-state index is 11.4. The second-order valence-corrected chi connectivity index (χ2v) is 6.32. The molecule has 1 N–H and O–H groups in total. The molecule has 0 amide bonds. The molecule has 0 saturated heterocycles. The molecular formula is C15H22N2O3S. The molecule has 0 bridgehead atoms. The Labute approximate surface area is 129 Å². The molecule has 21 heavy (non-hydrogen) atoms. The minimum absolute atomic E-state index is 0.234. The first kappa shape index (κ1) is 16.2. The zero-order chi connectivity index (χ0) is 15.2. The first-order chi connectivity index (χ1) is 10.1. The molecule has 6 heteroatoms. The number of carboxylic acid groups (broad SMARTS) is 1. The molecule has 2 rings (SSSR count). The average molecular weight is 310 g/mol. The Morgan fingerprint density at radius 2 is 2.14 bits per heavy atom. The van der Waals surface area contributed by atoms with Crippen molar-refractivity contribution >= 4 is 17.7 Å². The van der Waals surface area contributed by atoms with Crippen molar-refractivity contribution in [3.05, 3.63) is 17.1 Å². The quantitative estimate of drug-likeness (QED) is 0.429. The molecule has 1 aromatic rings. The summed E-state index contributed by atoms with van der Waals surface area (Å²) in [5.74, 6) is 0.979. The van der Waals surface area contributed by atoms with Crippen molar-refractivity contribution < 1.29 is 14.6 Å². The summed E-state index contributed by atoms with van der Waals surface area (Å²) in [5.41, 5.74) is 0.798. The molecule has 1 aromatic heterocycles. The zero-order valence-corrected chi connectivity index (χ0v) is 13.4. The number of hydrogen-bond acceptors (Lipinski definition) is 5. The number of aryl methyl sites for hydroxylation is 1. The lowest BCUT2D eigenvalue weighted by atomic mass is 10.2. The highest BCUT2D eigenvalue weighted by Crippen LogP contribution is 2.39. The van der Waals surface area contributed by atoms with Crippen molar-refractivity contribution in [3.63, 3.8) is 0 Å². The number of ether oxygens (including phenoxy) is 1. The molecule has 1 heterocycles. The third-order valence-electron chi connectivity index (χ3n) is 3.34. The van der Waals surface area contributed by atoms with E-state index in [2.05, 4.69) is 16.9 Å². The minimum atomic E-state index is -0.954. The number of hydrogen-bond donors (Lipinski definition) is 1. The first-order valence-electron chi connectivity index (χ1n) is 7.45. The monoisotopic (exact) mass is 310 g/mol. The van der Waals surface area contributed by atoms with Gasteiger partial charge in [-0.3, -0.25) is 0 Å². The van der Waals surface area contributed by atoms with Crippen LogP contribution in [0.25, 0.3) is 0 Å². The van der Waals surface area contributed by atoms with Gasteiger partial charge in [-0.2, -0.15) is 0 Å². The van der Waals surface area contributed by atoms with Gasteiger partial charge >= 0.3 is 5.97 Å². The van der Waals surface area contributed by atoms with E-state index in [-0.39, 0.29) is 5.56 Å². The van der Waals surface area contributed by atoms with Gasteiger partial charge in [-0.05, 0) is 26.2 Å². The highest BCUT2D eigenvalue weighted by molar-refractivity contribution is 7.99. The second-order valence-electron chi connectivity index (χ2n) is 5.24. The smallest absolute Gasteiger partial charge is 0.340 e. The number of unbranched alkanes of at least 4 members (excludes halogenated alkanes) is 1. The summed E-state index contributed by atoms with van der Waals surface area (Å²) in [5, 5.41) is 9.92. The van der Waals surface area contributed by atoms with Gasteiger partial charge in [0.25, 0.3) is 0 Å². The lowest BCUT2D eigenvalue weighted by Gasteiger charge is -2.10. The van der Waals surface area contributed by atoms with Crippen LogP contribution in [0.5, 0.6) is 0 Å².